The molecule has 2 heterocycles. The highest BCUT2D eigenvalue weighted by Gasteiger charge is 2.43. The van der Waals surface area contributed by atoms with E-state index in [1.165, 1.54) is 6.26 Å². The van der Waals surface area contributed by atoms with E-state index in [1.807, 2.05) is 19.1 Å². The fraction of sp³-hybridized carbons (Fsp3) is 0.500. The summed E-state index contributed by atoms with van der Waals surface area (Å²) in [6.07, 6.45) is 5.09. The third-order valence-electron chi connectivity index (χ3n) is 6.06. The van der Waals surface area contributed by atoms with Gasteiger partial charge in [0.25, 0.3) is 5.56 Å². The number of sulfone groups is 1. The molecule has 1 aromatic heterocycles. The lowest BCUT2D eigenvalue weighted by atomic mass is 9.76. The Morgan fingerprint density at radius 1 is 1.15 bits per heavy atom. The van der Waals surface area contributed by atoms with Crippen molar-refractivity contribution in [1.29, 1.82) is 0 Å². The number of hydrogen-bond acceptors (Lipinski definition) is 5. The van der Waals surface area contributed by atoms with Crippen LogP contribution in [0.5, 0.6) is 0 Å². The quantitative estimate of drug-likeness (QED) is 0.870. The lowest BCUT2D eigenvalue weighted by Crippen LogP contribution is -2.41. The predicted molar refractivity (Wildman–Crippen MR) is 104 cm³/mol. The number of benzene rings is 1. The lowest BCUT2D eigenvalue weighted by molar-refractivity contribution is 0.150. The fourth-order valence-electron chi connectivity index (χ4n) is 4.49. The van der Waals surface area contributed by atoms with Crippen LogP contribution in [0.2, 0.25) is 0 Å². The molecule has 1 fully saturated rings. The molecular weight excluding hydrogens is 362 g/mol. The zero-order valence-electron chi connectivity index (χ0n) is 15.8. The van der Waals surface area contributed by atoms with Crippen molar-refractivity contribution in [1.82, 2.24) is 14.9 Å². The van der Waals surface area contributed by atoms with Crippen LogP contribution < -0.4 is 5.56 Å². The molecule has 4 rings (SSSR count). The van der Waals surface area contributed by atoms with E-state index in [2.05, 4.69) is 9.88 Å². The summed E-state index contributed by atoms with van der Waals surface area (Å²) in [5, 5.41) is 0. The Balaban J connectivity index is 1.46. The van der Waals surface area contributed by atoms with Crippen molar-refractivity contribution in [3.05, 3.63) is 57.3 Å². The molecule has 1 spiro atoms. The summed E-state index contributed by atoms with van der Waals surface area (Å²) >= 11 is 0. The molecule has 0 radical (unpaired) electrons. The number of nitrogens with zero attached hydrogens (tertiary/aromatic N) is 2. The average Bonchev–Trinajstić information content (AvgIpc) is 2.95. The highest BCUT2D eigenvalue weighted by Crippen LogP contribution is 2.44. The molecule has 1 aromatic carbocycles. The van der Waals surface area contributed by atoms with Crippen LogP contribution in [0, 0.1) is 6.92 Å². The Morgan fingerprint density at radius 3 is 2.44 bits per heavy atom. The van der Waals surface area contributed by atoms with Gasteiger partial charge in [-0.15, -0.1) is 0 Å². The molecule has 0 saturated carbocycles. The van der Waals surface area contributed by atoms with Gasteiger partial charge < -0.3 is 4.98 Å². The van der Waals surface area contributed by atoms with Crippen LogP contribution in [0.3, 0.4) is 0 Å². The molecule has 0 unspecified atom stereocenters. The van der Waals surface area contributed by atoms with E-state index < -0.39 is 9.84 Å². The van der Waals surface area contributed by atoms with Crippen molar-refractivity contribution in [2.75, 3.05) is 19.3 Å². The molecule has 2 aliphatic rings. The van der Waals surface area contributed by atoms with E-state index in [1.54, 1.807) is 12.1 Å². The van der Waals surface area contributed by atoms with Crippen molar-refractivity contribution in [2.45, 2.75) is 49.5 Å². The van der Waals surface area contributed by atoms with Crippen molar-refractivity contribution < 1.29 is 8.42 Å². The molecule has 1 N–H and O–H groups in total. The summed E-state index contributed by atoms with van der Waals surface area (Å²) in [7, 11) is -3.15. The Morgan fingerprint density at radius 2 is 1.81 bits per heavy atom. The minimum Gasteiger partial charge on any atom is -0.311 e. The second kappa shape index (κ2) is 6.56. The first-order valence-electron chi connectivity index (χ1n) is 9.38. The average molecular weight is 388 g/mol. The van der Waals surface area contributed by atoms with Crippen LogP contribution in [0.1, 0.15) is 41.9 Å². The first kappa shape index (κ1) is 18.4. The second-order valence-corrected chi connectivity index (χ2v) is 9.97. The third-order valence-corrected chi connectivity index (χ3v) is 7.19. The van der Waals surface area contributed by atoms with Gasteiger partial charge in [0.2, 0.25) is 0 Å². The zero-order chi connectivity index (χ0) is 19.2. The largest absolute Gasteiger partial charge is 0.311 e. The molecule has 7 heteroatoms. The Labute approximate surface area is 159 Å². The summed E-state index contributed by atoms with van der Waals surface area (Å²) in [5.74, 6) is 0.702. The molecule has 1 aliphatic carbocycles. The molecular formula is C20H25N3O3S. The van der Waals surface area contributed by atoms with Crippen LogP contribution >= 0.6 is 0 Å². The number of hydrogen-bond donors (Lipinski definition) is 1. The Hall–Kier alpha value is -1.99. The SMILES string of the molecule is Cc1nc2c(c(=O)[nH]1)CCC21CCN(Cc2ccc(S(C)(=O)=O)cc2)CC1. The van der Waals surface area contributed by atoms with Crippen LogP contribution in [-0.2, 0) is 28.2 Å². The number of nitrogens with one attached hydrogen (secondary N) is 1. The Kier molecular flexibility index (Phi) is 4.47. The van der Waals surface area contributed by atoms with E-state index in [9.17, 15) is 13.2 Å². The number of aryl methyl sites for hydroxylation is 1. The molecule has 27 heavy (non-hydrogen) atoms. The molecule has 144 valence electrons. The predicted octanol–water partition coefficient (Wildman–Crippen LogP) is 1.96. The number of likely N-dealkylation sites (tertiary alicyclic amines) is 1. The van der Waals surface area contributed by atoms with Crippen LogP contribution in [0.15, 0.2) is 34.0 Å². The van der Waals surface area contributed by atoms with Crippen molar-refractivity contribution in [3.63, 3.8) is 0 Å². The normalized spacial score (nSPS) is 19.3. The standard InChI is InChI=1S/C20H25N3O3S/c1-14-21-18-17(19(24)22-14)7-8-20(18)9-11-23(12-10-20)13-15-3-5-16(6-4-15)27(2,25)26/h3-6H,7-13H2,1-2H3,(H,21,22,24). The maximum absolute atomic E-state index is 12.2. The first-order valence-corrected chi connectivity index (χ1v) is 11.3. The second-order valence-electron chi connectivity index (χ2n) is 7.95. The number of aromatic amines is 1. The first-order chi connectivity index (χ1) is 12.8. The number of rotatable bonds is 3. The molecule has 1 saturated heterocycles. The Bertz CT molecular complexity index is 1020. The third kappa shape index (κ3) is 3.46. The van der Waals surface area contributed by atoms with Crippen LogP contribution in [0.25, 0.3) is 0 Å². The maximum atomic E-state index is 12.2. The van der Waals surface area contributed by atoms with Gasteiger partial charge in [-0.1, -0.05) is 12.1 Å². The van der Waals surface area contributed by atoms with Gasteiger partial charge in [0.1, 0.15) is 5.82 Å². The summed E-state index contributed by atoms with van der Waals surface area (Å²) in [6.45, 7) is 4.58. The lowest BCUT2D eigenvalue weighted by Gasteiger charge is -2.39. The van der Waals surface area contributed by atoms with E-state index in [-0.39, 0.29) is 11.0 Å². The molecule has 2 aromatic rings. The van der Waals surface area contributed by atoms with Gasteiger partial charge in [-0.2, -0.15) is 0 Å². The molecule has 0 atom stereocenters. The zero-order valence-corrected chi connectivity index (χ0v) is 16.6. The molecule has 1 aliphatic heterocycles. The molecule has 0 amide bonds. The highest BCUT2D eigenvalue weighted by molar-refractivity contribution is 7.90. The van der Waals surface area contributed by atoms with E-state index in [0.29, 0.717) is 10.7 Å². The summed E-state index contributed by atoms with van der Waals surface area (Å²) in [4.78, 5) is 22.5. The van der Waals surface area contributed by atoms with Gasteiger partial charge in [0, 0.05) is 23.8 Å². The smallest absolute Gasteiger partial charge is 0.254 e. The van der Waals surface area contributed by atoms with Gasteiger partial charge in [-0.05, 0) is 63.4 Å². The number of fused-ring (bicyclic) bond motifs is 2. The summed E-state index contributed by atoms with van der Waals surface area (Å²) in [6, 6.07) is 7.16. The van der Waals surface area contributed by atoms with E-state index in [4.69, 9.17) is 4.98 Å². The van der Waals surface area contributed by atoms with Crippen molar-refractivity contribution in [3.8, 4) is 0 Å². The van der Waals surface area contributed by atoms with E-state index >= 15 is 0 Å². The topological polar surface area (TPSA) is 83.1 Å². The summed E-state index contributed by atoms with van der Waals surface area (Å²) < 4.78 is 23.2. The molecule has 0 bridgehead atoms. The van der Waals surface area contributed by atoms with Gasteiger partial charge >= 0.3 is 0 Å². The monoisotopic (exact) mass is 387 g/mol. The minimum atomic E-state index is -3.15. The maximum Gasteiger partial charge on any atom is 0.254 e. The number of aromatic nitrogens is 2. The van der Waals surface area contributed by atoms with E-state index in [0.717, 1.165) is 62.1 Å². The fourth-order valence-corrected chi connectivity index (χ4v) is 5.12. The van der Waals surface area contributed by atoms with Crippen LogP contribution in [-0.4, -0.2) is 42.6 Å². The van der Waals surface area contributed by atoms with Gasteiger partial charge in [0.15, 0.2) is 9.84 Å². The van der Waals surface area contributed by atoms with Gasteiger partial charge in [-0.25, -0.2) is 13.4 Å². The number of piperidine rings is 1. The molecule has 6 nitrogen and oxygen atoms in total. The number of H-pyrrole nitrogens is 1. The summed E-state index contributed by atoms with van der Waals surface area (Å²) in [5.41, 5.74) is 3.11. The van der Waals surface area contributed by atoms with Crippen molar-refractivity contribution >= 4 is 9.84 Å². The minimum absolute atomic E-state index is 0.0303. The highest BCUT2D eigenvalue weighted by atomic mass is 32.2. The van der Waals surface area contributed by atoms with Gasteiger partial charge in [-0.3, -0.25) is 9.69 Å². The van der Waals surface area contributed by atoms with Gasteiger partial charge in [0.05, 0.1) is 10.6 Å². The van der Waals surface area contributed by atoms with Crippen molar-refractivity contribution in [2.24, 2.45) is 0 Å². The van der Waals surface area contributed by atoms with Crippen LogP contribution in [0.4, 0.5) is 0 Å².